The number of fused-ring (bicyclic) bond motifs is 1. The number of amides is 2. The molecule has 1 aliphatic rings. The summed E-state index contributed by atoms with van der Waals surface area (Å²) in [6.45, 7) is 0. The van der Waals surface area contributed by atoms with Crippen molar-refractivity contribution in [1.82, 2.24) is 15.2 Å². The number of aryl methyl sites for hydroxylation is 1. The van der Waals surface area contributed by atoms with Gasteiger partial charge in [0.25, 0.3) is 5.91 Å². The molecule has 1 aliphatic heterocycles. The van der Waals surface area contributed by atoms with Gasteiger partial charge in [0, 0.05) is 4.88 Å². The van der Waals surface area contributed by atoms with E-state index >= 15 is 0 Å². The van der Waals surface area contributed by atoms with Crippen LogP contribution in [0.3, 0.4) is 0 Å². The normalized spacial score (nSPS) is 17.8. The Bertz CT molecular complexity index is 949. The molecule has 7 nitrogen and oxygen atoms in total. The van der Waals surface area contributed by atoms with Crippen molar-refractivity contribution < 1.29 is 9.59 Å². The maximum absolute atomic E-state index is 12.9. The number of H-pyrrole nitrogens is 1. The van der Waals surface area contributed by atoms with Crippen molar-refractivity contribution in [1.29, 1.82) is 0 Å². The highest BCUT2D eigenvalue weighted by Crippen LogP contribution is 2.38. The summed E-state index contributed by atoms with van der Waals surface area (Å²) in [5.41, 5.74) is 7.10. The minimum Gasteiger partial charge on any atom is -0.363 e. The quantitative estimate of drug-likeness (QED) is 0.656. The number of aromatic nitrogens is 3. The van der Waals surface area contributed by atoms with Crippen molar-refractivity contribution in [3.8, 4) is 0 Å². The first-order chi connectivity index (χ1) is 12.6. The van der Waals surface area contributed by atoms with E-state index in [0.717, 1.165) is 17.7 Å². The average Bonchev–Trinajstić information content (AvgIpc) is 3.26. The lowest BCUT2D eigenvalue weighted by Crippen LogP contribution is -2.28. The van der Waals surface area contributed by atoms with E-state index in [9.17, 15) is 9.59 Å². The van der Waals surface area contributed by atoms with Crippen LogP contribution in [0, 0.1) is 5.92 Å². The van der Waals surface area contributed by atoms with Crippen molar-refractivity contribution in [3.05, 3.63) is 63.9 Å². The van der Waals surface area contributed by atoms with Gasteiger partial charge in [0.1, 0.15) is 5.82 Å². The lowest BCUT2D eigenvalue weighted by molar-refractivity contribution is -0.120. The SMILES string of the molecule is NC(=O)c1nnc(C(c2ccccc2)C2CCc3sccc3NC2=O)[nH]1. The van der Waals surface area contributed by atoms with Crippen LogP contribution in [0.5, 0.6) is 0 Å². The van der Waals surface area contributed by atoms with Crippen LogP contribution in [0.15, 0.2) is 41.8 Å². The summed E-state index contributed by atoms with van der Waals surface area (Å²) >= 11 is 1.64. The maximum Gasteiger partial charge on any atom is 0.286 e. The van der Waals surface area contributed by atoms with E-state index in [1.165, 1.54) is 4.88 Å². The van der Waals surface area contributed by atoms with Gasteiger partial charge in [-0.15, -0.1) is 21.5 Å². The summed E-state index contributed by atoms with van der Waals surface area (Å²) in [5, 5.41) is 12.9. The second kappa shape index (κ2) is 6.72. The molecule has 2 amide bonds. The summed E-state index contributed by atoms with van der Waals surface area (Å²) in [7, 11) is 0. The summed E-state index contributed by atoms with van der Waals surface area (Å²) in [6, 6.07) is 11.6. The van der Waals surface area contributed by atoms with Gasteiger partial charge in [0.15, 0.2) is 0 Å². The molecular weight excluding hydrogens is 350 g/mol. The van der Waals surface area contributed by atoms with Crippen molar-refractivity contribution >= 4 is 28.8 Å². The van der Waals surface area contributed by atoms with Gasteiger partial charge in [-0.05, 0) is 29.9 Å². The fourth-order valence-corrected chi connectivity index (χ4v) is 4.22. The van der Waals surface area contributed by atoms with Gasteiger partial charge < -0.3 is 16.0 Å². The van der Waals surface area contributed by atoms with Crippen LogP contribution >= 0.6 is 11.3 Å². The molecule has 3 heterocycles. The standard InChI is InChI=1S/C18H17N5O2S/c19-15(24)17-21-16(22-23-17)14(10-4-2-1-3-5-10)11-6-7-13-12(8-9-26-13)20-18(11)25/h1-5,8-9,11,14H,6-7H2,(H2,19,24)(H,20,25)(H,21,22,23). The number of hydrogen-bond acceptors (Lipinski definition) is 5. The first kappa shape index (κ1) is 16.5. The number of nitrogens with two attached hydrogens (primary N) is 1. The van der Waals surface area contributed by atoms with Crippen LogP contribution in [0.1, 0.15) is 39.2 Å². The molecule has 3 aromatic rings. The van der Waals surface area contributed by atoms with Crippen LogP contribution in [0.2, 0.25) is 0 Å². The Morgan fingerprint density at radius 3 is 2.77 bits per heavy atom. The molecule has 2 atom stereocenters. The van der Waals surface area contributed by atoms with Gasteiger partial charge in [0.2, 0.25) is 11.7 Å². The third kappa shape index (κ3) is 2.99. The number of hydrogen-bond donors (Lipinski definition) is 3. The number of carbonyl (C=O) groups is 2. The molecule has 4 N–H and O–H groups in total. The van der Waals surface area contributed by atoms with E-state index in [1.54, 1.807) is 11.3 Å². The van der Waals surface area contributed by atoms with Crippen molar-refractivity contribution in [2.75, 3.05) is 5.32 Å². The summed E-state index contributed by atoms with van der Waals surface area (Å²) in [5.74, 6) is -0.961. The number of anilines is 1. The molecule has 2 aromatic heterocycles. The molecule has 0 saturated carbocycles. The van der Waals surface area contributed by atoms with Crippen LogP contribution in [-0.2, 0) is 11.2 Å². The molecule has 26 heavy (non-hydrogen) atoms. The van der Waals surface area contributed by atoms with E-state index < -0.39 is 5.91 Å². The number of benzene rings is 1. The molecule has 0 fully saturated rings. The van der Waals surface area contributed by atoms with E-state index in [1.807, 2.05) is 41.8 Å². The van der Waals surface area contributed by atoms with Crippen molar-refractivity contribution in [2.45, 2.75) is 18.8 Å². The minimum atomic E-state index is -0.678. The fraction of sp³-hybridized carbons (Fsp3) is 0.222. The van der Waals surface area contributed by atoms with Gasteiger partial charge >= 0.3 is 0 Å². The zero-order valence-corrected chi connectivity index (χ0v) is 14.6. The highest BCUT2D eigenvalue weighted by Gasteiger charge is 2.35. The molecule has 0 spiro atoms. The van der Waals surface area contributed by atoms with Gasteiger partial charge in [-0.3, -0.25) is 9.59 Å². The molecule has 0 aliphatic carbocycles. The average molecular weight is 367 g/mol. The molecule has 4 rings (SSSR count). The topological polar surface area (TPSA) is 114 Å². The molecular formula is C18H17N5O2S. The fourth-order valence-electron chi connectivity index (χ4n) is 3.37. The molecule has 1 aromatic carbocycles. The van der Waals surface area contributed by atoms with Gasteiger partial charge in [-0.25, -0.2) is 0 Å². The Hall–Kier alpha value is -3.00. The number of primary amides is 1. The molecule has 132 valence electrons. The highest BCUT2D eigenvalue weighted by atomic mass is 32.1. The number of nitrogens with one attached hydrogen (secondary N) is 2. The monoisotopic (exact) mass is 367 g/mol. The zero-order chi connectivity index (χ0) is 18.1. The van der Waals surface area contributed by atoms with E-state index in [2.05, 4.69) is 20.5 Å². The van der Waals surface area contributed by atoms with Crippen LogP contribution in [0.25, 0.3) is 0 Å². The number of carbonyl (C=O) groups excluding carboxylic acids is 2. The first-order valence-corrected chi connectivity index (χ1v) is 9.16. The second-order valence-electron chi connectivity index (χ2n) is 6.20. The van der Waals surface area contributed by atoms with Crippen molar-refractivity contribution in [3.63, 3.8) is 0 Å². The smallest absolute Gasteiger partial charge is 0.286 e. The summed E-state index contributed by atoms with van der Waals surface area (Å²) < 4.78 is 0. The Morgan fingerprint density at radius 2 is 2.04 bits per heavy atom. The number of aromatic amines is 1. The minimum absolute atomic E-state index is 0.00549. The molecule has 2 unspecified atom stereocenters. The van der Waals surface area contributed by atoms with Gasteiger partial charge in [0.05, 0.1) is 17.5 Å². The van der Waals surface area contributed by atoms with E-state index in [-0.39, 0.29) is 23.6 Å². The van der Waals surface area contributed by atoms with Crippen molar-refractivity contribution in [2.24, 2.45) is 11.7 Å². The van der Waals surface area contributed by atoms with Crippen LogP contribution in [-0.4, -0.2) is 27.0 Å². The predicted octanol–water partition coefficient (Wildman–Crippen LogP) is 2.30. The van der Waals surface area contributed by atoms with E-state index in [4.69, 9.17) is 5.73 Å². The molecule has 8 heteroatoms. The summed E-state index contributed by atoms with van der Waals surface area (Å²) in [6.07, 6.45) is 1.47. The lowest BCUT2D eigenvalue weighted by atomic mass is 9.82. The number of rotatable bonds is 4. The second-order valence-corrected chi connectivity index (χ2v) is 7.20. The zero-order valence-electron chi connectivity index (χ0n) is 13.8. The maximum atomic E-state index is 12.9. The van der Waals surface area contributed by atoms with Crippen LogP contribution in [0.4, 0.5) is 5.69 Å². The van der Waals surface area contributed by atoms with E-state index in [0.29, 0.717) is 12.2 Å². The molecule has 0 bridgehead atoms. The van der Waals surface area contributed by atoms with Crippen LogP contribution < -0.4 is 11.1 Å². The Kier molecular flexibility index (Phi) is 4.26. The van der Waals surface area contributed by atoms with Gasteiger partial charge in [-0.1, -0.05) is 30.3 Å². The van der Waals surface area contributed by atoms with Gasteiger partial charge in [-0.2, -0.15) is 0 Å². The predicted molar refractivity (Wildman–Crippen MR) is 97.9 cm³/mol. The number of nitrogens with zero attached hydrogens (tertiary/aromatic N) is 2. The summed E-state index contributed by atoms with van der Waals surface area (Å²) in [4.78, 5) is 28.4. The third-order valence-electron chi connectivity index (χ3n) is 4.62. The first-order valence-electron chi connectivity index (χ1n) is 8.28. The lowest BCUT2D eigenvalue weighted by Gasteiger charge is -2.23. The Balaban J connectivity index is 1.74. The Labute approximate surface area is 153 Å². The third-order valence-corrected chi connectivity index (χ3v) is 5.60. The highest BCUT2D eigenvalue weighted by molar-refractivity contribution is 7.10. The number of thiophene rings is 1. The largest absolute Gasteiger partial charge is 0.363 e. The molecule has 0 radical (unpaired) electrons. The Morgan fingerprint density at radius 1 is 1.23 bits per heavy atom. The molecule has 0 saturated heterocycles.